The normalized spacial score (nSPS) is 11.6. The van der Waals surface area contributed by atoms with Crippen molar-refractivity contribution in [2.45, 2.75) is 46.0 Å². The zero-order chi connectivity index (χ0) is 26.7. The summed E-state index contributed by atoms with van der Waals surface area (Å²) in [6.45, 7) is 9.02. The molecule has 6 heteroatoms. The second-order valence-electron chi connectivity index (χ2n) is 9.29. The van der Waals surface area contributed by atoms with Crippen LogP contribution in [0.15, 0.2) is 96.4 Å². The number of hydrogen-bond donors (Lipinski definition) is 0. The van der Waals surface area contributed by atoms with Gasteiger partial charge in [-0.2, -0.15) is 0 Å². The van der Waals surface area contributed by atoms with E-state index in [-0.39, 0.29) is 0 Å². The zero-order valence-corrected chi connectivity index (χ0v) is 22.1. The van der Waals surface area contributed by atoms with Crippen LogP contribution in [0.3, 0.4) is 0 Å². The molecule has 0 N–H and O–H groups in total. The molecule has 0 radical (unpaired) electrons. The van der Waals surface area contributed by atoms with Crippen molar-refractivity contribution < 1.29 is 4.74 Å². The molecule has 4 aromatic rings. The molecular weight excluding hydrogens is 472 g/mol. The van der Waals surface area contributed by atoms with Crippen molar-refractivity contribution in [3.8, 4) is 34.2 Å². The molecule has 38 heavy (non-hydrogen) atoms. The first-order valence-corrected chi connectivity index (χ1v) is 13.3. The summed E-state index contributed by atoms with van der Waals surface area (Å²) in [4.78, 5) is 26.1. The van der Waals surface area contributed by atoms with E-state index < -0.39 is 0 Å². The van der Waals surface area contributed by atoms with Crippen LogP contribution in [0, 0.1) is 10.8 Å². The predicted molar refractivity (Wildman–Crippen MR) is 154 cm³/mol. The van der Waals surface area contributed by atoms with Crippen LogP contribution in [0.5, 0.6) is 0 Å². The number of allylic oxidation sites excluding steroid dienone is 1. The van der Waals surface area contributed by atoms with Crippen molar-refractivity contribution in [2.75, 3.05) is 6.61 Å². The maximum Gasteiger partial charge on any atom is 0.166 e. The Morgan fingerprint density at radius 3 is 2.03 bits per heavy atom. The van der Waals surface area contributed by atoms with Gasteiger partial charge in [-0.05, 0) is 35.7 Å². The van der Waals surface area contributed by atoms with Crippen LogP contribution in [-0.4, -0.2) is 21.6 Å². The van der Waals surface area contributed by atoms with E-state index in [1.54, 1.807) is 6.07 Å². The minimum atomic E-state index is 0.292. The van der Waals surface area contributed by atoms with Crippen LogP contribution in [0.4, 0.5) is 5.69 Å². The molecule has 4 rings (SSSR count). The second-order valence-corrected chi connectivity index (χ2v) is 9.29. The van der Waals surface area contributed by atoms with Gasteiger partial charge in [-0.3, -0.25) is 0 Å². The Morgan fingerprint density at radius 1 is 0.868 bits per heavy atom. The first-order valence-electron chi connectivity index (χ1n) is 13.3. The summed E-state index contributed by atoms with van der Waals surface area (Å²) in [5, 5.41) is 3.32. The summed E-state index contributed by atoms with van der Waals surface area (Å²) in [5.74, 6) is 2.71. The van der Waals surface area contributed by atoms with E-state index >= 15 is 0 Å². The first kappa shape index (κ1) is 26.9. The van der Waals surface area contributed by atoms with Gasteiger partial charge in [0.2, 0.25) is 0 Å². The minimum Gasteiger partial charge on any atom is -0.498 e. The average molecular weight is 507 g/mol. The minimum absolute atomic E-state index is 0.292. The molecule has 0 fully saturated rings. The topological polar surface area (TPSA) is 77.3 Å². The number of unbranched alkanes of at least 4 members (excludes halogenated alkanes) is 1. The Morgan fingerprint density at radius 2 is 1.47 bits per heavy atom. The van der Waals surface area contributed by atoms with Gasteiger partial charge in [0, 0.05) is 29.0 Å². The first-order chi connectivity index (χ1) is 18.6. The fourth-order valence-electron chi connectivity index (χ4n) is 4.39. The van der Waals surface area contributed by atoms with Gasteiger partial charge in [-0.15, -0.1) is 4.91 Å². The van der Waals surface area contributed by atoms with E-state index in [0.29, 0.717) is 47.7 Å². The van der Waals surface area contributed by atoms with Crippen molar-refractivity contribution in [3.05, 3.63) is 102 Å². The highest BCUT2D eigenvalue weighted by atomic mass is 16.5. The van der Waals surface area contributed by atoms with Gasteiger partial charge in [-0.1, -0.05) is 100.0 Å². The molecule has 0 saturated carbocycles. The molecule has 1 atom stereocenters. The lowest BCUT2D eigenvalue weighted by Gasteiger charge is -2.18. The number of nitroso groups, excluding NO2 is 1. The summed E-state index contributed by atoms with van der Waals surface area (Å²) < 4.78 is 5.98. The summed E-state index contributed by atoms with van der Waals surface area (Å²) in [6.07, 6.45) is 5.11. The second kappa shape index (κ2) is 13.4. The van der Waals surface area contributed by atoms with Crippen LogP contribution < -0.4 is 0 Å². The fourth-order valence-corrected chi connectivity index (χ4v) is 4.39. The highest BCUT2D eigenvalue weighted by Gasteiger charge is 2.16. The number of rotatable bonds is 13. The molecule has 0 bridgehead atoms. The lowest BCUT2D eigenvalue weighted by atomic mass is 9.98. The van der Waals surface area contributed by atoms with E-state index in [2.05, 4.69) is 25.6 Å². The number of hydrogen-bond acceptors (Lipinski definition) is 6. The predicted octanol–water partition coefficient (Wildman–Crippen LogP) is 8.56. The van der Waals surface area contributed by atoms with Gasteiger partial charge in [0.15, 0.2) is 17.5 Å². The van der Waals surface area contributed by atoms with E-state index in [0.717, 1.165) is 35.3 Å². The molecule has 0 aliphatic rings. The standard InChI is InChI=1S/C32H34N4O2/c1-4-6-13-25(5-2)23(3)38-21-20-24-18-19-28(29(22-24)36-37)32-34-30(26-14-9-7-10-15-26)33-31(35-32)27-16-11-8-12-17-27/h7-12,14-19,22,25H,3-6,13,20-21H2,1-2H3. The van der Waals surface area contributed by atoms with Crippen molar-refractivity contribution in [1.82, 2.24) is 15.0 Å². The van der Waals surface area contributed by atoms with Gasteiger partial charge in [0.25, 0.3) is 0 Å². The van der Waals surface area contributed by atoms with Crippen molar-refractivity contribution in [3.63, 3.8) is 0 Å². The molecule has 0 spiro atoms. The number of benzene rings is 3. The van der Waals surface area contributed by atoms with Gasteiger partial charge in [0.1, 0.15) is 5.69 Å². The third-order valence-corrected chi connectivity index (χ3v) is 6.63. The Hall–Kier alpha value is -4.19. The largest absolute Gasteiger partial charge is 0.498 e. The number of nitrogens with zero attached hydrogens (tertiary/aromatic N) is 4. The Balaban J connectivity index is 1.59. The maximum absolute atomic E-state index is 11.9. The third-order valence-electron chi connectivity index (χ3n) is 6.63. The van der Waals surface area contributed by atoms with Crippen LogP contribution in [0.1, 0.15) is 45.1 Å². The maximum atomic E-state index is 11.9. The van der Waals surface area contributed by atoms with Gasteiger partial charge in [0.05, 0.1) is 12.4 Å². The summed E-state index contributed by atoms with van der Waals surface area (Å²) in [5.41, 5.74) is 3.55. The Bertz CT molecular complexity index is 1300. The monoisotopic (exact) mass is 506 g/mol. The van der Waals surface area contributed by atoms with Crippen molar-refractivity contribution in [1.29, 1.82) is 0 Å². The van der Waals surface area contributed by atoms with Crippen LogP contribution >= 0.6 is 0 Å². The zero-order valence-electron chi connectivity index (χ0n) is 22.1. The molecule has 194 valence electrons. The highest BCUT2D eigenvalue weighted by molar-refractivity contribution is 5.74. The average Bonchev–Trinajstić information content (AvgIpc) is 2.98. The lowest BCUT2D eigenvalue weighted by molar-refractivity contribution is 0.175. The van der Waals surface area contributed by atoms with Crippen LogP contribution in [0.2, 0.25) is 0 Å². The number of aromatic nitrogens is 3. The summed E-state index contributed by atoms with van der Waals surface area (Å²) in [6, 6.07) is 25.1. The van der Waals surface area contributed by atoms with Crippen LogP contribution in [0.25, 0.3) is 34.2 Å². The van der Waals surface area contributed by atoms with E-state index in [1.807, 2.05) is 72.8 Å². The third kappa shape index (κ3) is 6.76. The summed E-state index contributed by atoms with van der Waals surface area (Å²) in [7, 11) is 0. The van der Waals surface area contributed by atoms with Gasteiger partial charge < -0.3 is 4.74 Å². The summed E-state index contributed by atoms with van der Waals surface area (Å²) >= 11 is 0. The molecule has 1 unspecified atom stereocenters. The quantitative estimate of drug-likeness (QED) is 0.134. The van der Waals surface area contributed by atoms with E-state index in [1.165, 1.54) is 12.8 Å². The van der Waals surface area contributed by atoms with E-state index in [9.17, 15) is 4.91 Å². The smallest absolute Gasteiger partial charge is 0.166 e. The lowest BCUT2D eigenvalue weighted by Crippen LogP contribution is -2.08. The van der Waals surface area contributed by atoms with Crippen molar-refractivity contribution in [2.24, 2.45) is 11.1 Å². The Kier molecular flexibility index (Phi) is 9.46. The molecule has 0 aliphatic carbocycles. The van der Waals surface area contributed by atoms with Crippen LogP contribution in [-0.2, 0) is 11.2 Å². The fraction of sp³-hybridized carbons (Fsp3) is 0.281. The van der Waals surface area contributed by atoms with Gasteiger partial charge >= 0.3 is 0 Å². The highest BCUT2D eigenvalue weighted by Crippen LogP contribution is 2.32. The van der Waals surface area contributed by atoms with Crippen molar-refractivity contribution >= 4 is 5.69 Å². The molecule has 1 heterocycles. The molecule has 0 saturated heterocycles. The molecule has 3 aromatic carbocycles. The molecule has 0 aliphatic heterocycles. The molecule has 6 nitrogen and oxygen atoms in total. The van der Waals surface area contributed by atoms with Gasteiger partial charge in [-0.25, -0.2) is 15.0 Å². The molecule has 1 aromatic heterocycles. The molecule has 0 amide bonds. The SMILES string of the molecule is C=C(OCCc1ccc(-c2nc(-c3ccccc3)nc(-c3ccccc3)n2)c(N=O)c1)C(CC)CCCC. The molecular formula is C32H34N4O2. The Labute approximate surface area is 224 Å². The van der Waals surface area contributed by atoms with E-state index in [4.69, 9.17) is 19.7 Å². The number of ether oxygens (including phenoxy) is 1.